The first-order chi connectivity index (χ1) is 8.98. The number of carbonyl (C=O) groups is 2. The summed E-state index contributed by atoms with van der Waals surface area (Å²) in [7, 11) is 0. The van der Waals surface area contributed by atoms with E-state index in [2.05, 4.69) is 20.9 Å². The minimum absolute atomic E-state index is 0.210. The van der Waals surface area contributed by atoms with E-state index < -0.39 is 11.4 Å². The smallest absolute Gasteiger partial charge is 0.311 e. The molecule has 0 aromatic carbocycles. The third-order valence-corrected chi connectivity index (χ3v) is 4.15. The van der Waals surface area contributed by atoms with Crippen LogP contribution in [-0.2, 0) is 4.79 Å². The number of hydrogen-bond donors (Lipinski definition) is 1. The summed E-state index contributed by atoms with van der Waals surface area (Å²) in [6.07, 6.45) is 1.02. The molecule has 1 fully saturated rings. The maximum atomic E-state index is 12.3. The second-order valence-corrected chi connectivity index (χ2v) is 5.57. The van der Waals surface area contributed by atoms with Crippen LogP contribution in [-0.4, -0.2) is 40.0 Å². The van der Waals surface area contributed by atoms with Crippen LogP contribution in [0.25, 0.3) is 0 Å². The summed E-state index contributed by atoms with van der Waals surface area (Å²) in [4.78, 5) is 29.3. The van der Waals surface area contributed by atoms with Crippen molar-refractivity contribution in [3.8, 4) is 0 Å². The highest BCUT2D eigenvalue weighted by atomic mass is 79.9. The zero-order valence-corrected chi connectivity index (χ0v) is 12.2. The van der Waals surface area contributed by atoms with Crippen molar-refractivity contribution in [1.29, 1.82) is 0 Å². The van der Waals surface area contributed by atoms with E-state index in [1.807, 2.05) is 6.92 Å². The van der Waals surface area contributed by atoms with E-state index in [4.69, 9.17) is 0 Å². The van der Waals surface area contributed by atoms with Crippen molar-refractivity contribution in [2.24, 2.45) is 5.41 Å². The lowest BCUT2D eigenvalue weighted by Crippen LogP contribution is -2.36. The van der Waals surface area contributed by atoms with Crippen LogP contribution < -0.4 is 0 Å². The Balaban J connectivity index is 2.17. The minimum atomic E-state index is -0.826. The molecule has 1 aliphatic rings. The molecular weight excluding hydrogens is 312 g/mol. The number of carboxylic acids is 1. The number of halogens is 1. The molecule has 1 atom stereocenters. The minimum Gasteiger partial charge on any atom is -0.481 e. The van der Waals surface area contributed by atoms with E-state index in [0.29, 0.717) is 29.7 Å². The Morgan fingerprint density at radius 2 is 2.26 bits per heavy atom. The number of aliphatic carboxylic acids is 1. The monoisotopic (exact) mass is 326 g/mol. The van der Waals surface area contributed by atoms with E-state index in [1.165, 1.54) is 0 Å². The second-order valence-electron chi connectivity index (χ2n) is 4.76. The third-order valence-electron chi connectivity index (χ3n) is 3.71. The highest BCUT2D eigenvalue weighted by Gasteiger charge is 2.45. The topological polar surface area (TPSA) is 70.5 Å². The van der Waals surface area contributed by atoms with Crippen molar-refractivity contribution in [1.82, 2.24) is 9.88 Å². The zero-order valence-electron chi connectivity index (χ0n) is 10.6. The van der Waals surface area contributed by atoms with Gasteiger partial charge in [-0.3, -0.25) is 9.59 Å². The molecule has 1 N–H and O–H groups in total. The highest BCUT2D eigenvalue weighted by Crippen LogP contribution is 2.34. The molecule has 102 valence electrons. The molecule has 5 nitrogen and oxygen atoms in total. The predicted molar refractivity (Wildman–Crippen MR) is 72.8 cm³/mol. The molecule has 1 saturated heterocycles. The van der Waals surface area contributed by atoms with Crippen molar-refractivity contribution in [2.75, 3.05) is 13.1 Å². The largest absolute Gasteiger partial charge is 0.481 e. The van der Waals surface area contributed by atoms with Gasteiger partial charge in [0, 0.05) is 13.1 Å². The molecule has 1 aromatic rings. The van der Waals surface area contributed by atoms with Gasteiger partial charge in [0.2, 0.25) is 0 Å². The van der Waals surface area contributed by atoms with Crippen LogP contribution in [0.5, 0.6) is 0 Å². The standard InChI is InChI=1S/C13H15BrN2O3/c1-2-13(12(18)19)6-7-16(8-13)11(17)9-4-3-5-10(14)15-9/h3-5H,2,6-8H2,1H3,(H,18,19). The zero-order chi connectivity index (χ0) is 14.0. The van der Waals surface area contributed by atoms with Gasteiger partial charge in [-0.15, -0.1) is 0 Å². The summed E-state index contributed by atoms with van der Waals surface area (Å²) in [6, 6.07) is 5.12. The number of carboxylic acid groups (broad SMARTS) is 1. The summed E-state index contributed by atoms with van der Waals surface area (Å²) in [6.45, 7) is 2.57. The van der Waals surface area contributed by atoms with Crippen LogP contribution in [0.15, 0.2) is 22.8 Å². The Morgan fingerprint density at radius 1 is 1.53 bits per heavy atom. The first-order valence-electron chi connectivity index (χ1n) is 6.14. The third kappa shape index (κ3) is 2.63. The van der Waals surface area contributed by atoms with Gasteiger partial charge in [-0.1, -0.05) is 13.0 Å². The van der Waals surface area contributed by atoms with Gasteiger partial charge in [-0.2, -0.15) is 0 Å². The average molecular weight is 327 g/mol. The number of aromatic nitrogens is 1. The number of rotatable bonds is 3. The predicted octanol–water partition coefficient (Wildman–Crippen LogP) is 2.17. The Labute approximate surface area is 119 Å². The van der Waals surface area contributed by atoms with Crippen LogP contribution in [0.2, 0.25) is 0 Å². The van der Waals surface area contributed by atoms with Gasteiger partial charge in [0.1, 0.15) is 10.3 Å². The molecule has 19 heavy (non-hydrogen) atoms. The number of carbonyl (C=O) groups excluding carboxylic acids is 1. The van der Waals surface area contributed by atoms with Gasteiger partial charge < -0.3 is 10.0 Å². The number of pyridine rings is 1. The molecule has 0 aliphatic carbocycles. The number of hydrogen-bond acceptors (Lipinski definition) is 3. The molecule has 0 radical (unpaired) electrons. The first-order valence-corrected chi connectivity index (χ1v) is 6.93. The average Bonchev–Trinajstić information content (AvgIpc) is 2.83. The SMILES string of the molecule is CCC1(C(=O)O)CCN(C(=O)c2cccc(Br)n2)C1. The molecular formula is C13H15BrN2O3. The van der Waals surface area contributed by atoms with Gasteiger partial charge in [0.05, 0.1) is 5.41 Å². The summed E-state index contributed by atoms with van der Waals surface area (Å²) >= 11 is 3.22. The van der Waals surface area contributed by atoms with E-state index in [0.717, 1.165) is 0 Å². The fraction of sp³-hybridized carbons (Fsp3) is 0.462. The van der Waals surface area contributed by atoms with Gasteiger partial charge >= 0.3 is 5.97 Å². The Hall–Kier alpha value is -1.43. The summed E-state index contributed by atoms with van der Waals surface area (Å²) in [5.74, 6) is -1.04. The normalized spacial score (nSPS) is 22.5. The Kier molecular flexibility index (Phi) is 3.89. The quantitative estimate of drug-likeness (QED) is 0.864. The Bertz CT molecular complexity index is 520. The van der Waals surface area contributed by atoms with Crippen molar-refractivity contribution >= 4 is 27.8 Å². The lowest BCUT2D eigenvalue weighted by Gasteiger charge is -2.22. The van der Waals surface area contributed by atoms with Crippen LogP contribution >= 0.6 is 15.9 Å². The molecule has 1 aromatic heterocycles. The molecule has 1 amide bonds. The molecule has 2 rings (SSSR count). The summed E-state index contributed by atoms with van der Waals surface area (Å²) < 4.78 is 0.595. The van der Waals surface area contributed by atoms with Gasteiger partial charge in [-0.25, -0.2) is 4.98 Å². The summed E-state index contributed by atoms with van der Waals surface area (Å²) in [5, 5.41) is 9.32. The van der Waals surface area contributed by atoms with E-state index in [-0.39, 0.29) is 12.5 Å². The number of nitrogens with zero attached hydrogens (tertiary/aromatic N) is 2. The molecule has 0 spiro atoms. The highest BCUT2D eigenvalue weighted by molar-refractivity contribution is 9.10. The molecule has 6 heteroatoms. The van der Waals surface area contributed by atoms with Gasteiger partial charge in [-0.05, 0) is 40.9 Å². The maximum Gasteiger partial charge on any atom is 0.311 e. The molecule has 1 unspecified atom stereocenters. The lowest BCUT2D eigenvalue weighted by atomic mass is 9.84. The number of amides is 1. The van der Waals surface area contributed by atoms with Gasteiger partial charge in [0.25, 0.3) is 5.91 Å². The first kappa shape index (κ1) is 14.0. The second kappa shape index (κ2) is 5.28. The lowest BCUT2D eigenvalue weighted by molar-refractivity contribution is -0.148. The van der Waals surface area contributed by atoms with E-state index >= 15 is 0 Å². The van der Waals surface area contributed by atoms with Crippen molar-refractivity contribution in [3.63, 3.8) is 0 Å². The maximum absolute atomic E-state index is 12.3. The van der Waals surface area contributed by atoms with Gasteiger partial charge in [0.15, 0.2) is 0 Å². The molecule has 2 heterocycles. The van der Waals surface area contributed by atoms with Crippen LogP contribution in [0, 0.1) is 5.41 Å². The number of likely N-dealkylation sites (tertiary alicyclic amines) is 1. The van der Waals surface area contributed by atoms with Crippen LogP contribution in [0.1, 0.15) is 30.3 Å². The fourth-order valence-corrected chi connectivity index (χ4v) is 2.69. The fourth-order valence-electron chi connectivity index (χ4n) is 2.35. The molecule has 0 bridgehead atoms. The Morgan fingerprint density at radius 3 is 2.79 bits per heavy atom. The van der Waals surface area contributed by atoms with E-state index in [9.17, 15) is 14.7 Å². The van der Waals surface area contributed by atoms with E-state index in [1.54, 1.807) is 23.1 Å². The van der Waals surface area contributed by atoms with Crippen LogP contribution in [0.4, 0.5) is 0 Å². The molecule has 0 saturated carbocycles. The molecule has 1 aliphatic heterocycles. The summed E-state index contributed by atoms with van der Waals surface area (Å²) in [5.41, 5.74) is -0.464. The van der Waals surface area contributed by atoms with Crippen LogP contribution in [0.3, 0.4) is 0 Å². The van der Waals surface area contributed by atoms with Crippen molar-refractivity contribution in [3.05, 3.63) is 28.5 Å². The van der Waals surface area contributed by atoms with Crippen molar-refractivity contribution < 1.29 is 14.7 Å². The van der Waals surface area contributed by atoms with Crippen molar-refractivity contribution in [2.45, 2.75) is 19.8 Å².